The first kappa shape index (κ1) is 12.5. The summed E-state index contributed by atoms with van der Waals surface area (Å²) in [4.78, 5) is 0. The Labute approximate surface area is 96.8 Å². The van der Waals surface area contributed by atoms with E-state index in [4.69, 9.17) is 11.6 Å². The predicted molar refractivity (Wildman–Crippen MR) is 64.4 cm³/mol. The van der Waals surface area contributed by atoms with Crippen LogP contribution < -0.4 is 5.32 Å². The summed E-state index contributed by atoms with van der Waals surface area (Å²) in [7, 11) is 3.95. The van der Waals surface area contributed by atoms with Gasteiger partial charge in [-0.3, -0.25) is 4.68 Å². The minimum Gasteiger partial charge on any atom is -0.317 e. The lowest BCUT2D eigenvalue weighted by Crippen LogP contribution is -2.21. The molecule has 15 heavy (non-hydrogen) atoms. The smallest absolute Gasteiger partial charge is 0.0846 e. The second-order valence-electron chi connectivity index (χ2n) is 4.05. The van der Waals surface area contributed by atoms with Gasteiger partial charge in [0.15, 0.2) is 0 Å². The van der Waals surface area contributed by atoms with E-state index in [1.54, 1.807) is 0 Å². The van der Waals surface area contributed by atoms with Gasteiger partial charge in [-0.25, -0.2) is 0 Å². The van der Waals surface area contributed by atoms with Crippen LogP contribution in [0.3, 0.4) is 0 Å². The molecule has 1 aromatic heterocycles. The summed E-state index contributed by atoms with van der Waals surface area (Å²) in [6, 6.07) is 0.568. The van der Waals surface area contributed by atoms with Crippen LogP contribution in [0.1, 0.15) is 31.2 Å². The SMILES string of the molecule is CNC(C)CCCc1c(Cl)c(C)nn1C. The molecule has 0 aliphatic carbocycles. The minimum atomic E-state index is 0.568. The fraction of sp³-hybridized carbons (Fsp3) is 0.727. The Morgan fingerprint density at radius 3 is 2.67 bits per heavy atom. The van der Waals surface area contributed by atoms with Crippen molar-refractivity contribution in [2.75, 3.05) is 7.05 Å². The van der Waals surface area contributed by atoms with Crippen molar-refractivity contribution in [1.29, 1.82) is 0 Å². The van der Waals surface area contributed by atoms with Crippen molar-refractivity contribution in [3.8, 4) is 0 Å². The highest BCUT2D eigenvalue weighted by molar-refractivity contribution is 6.31. The Balaban J connectivity index is 2.50. The van der Waals surface area contributed by atoms with E-state index in [1.165, 1.54) is 0 Å². The molecule has 3 nitrogen and oxygen atoms in total. The summed E-state index contributed by atoms with van der Waals surface area (Å²) in [6.45, 7) is 4.14. The molecular formula is C11H20ClN3. The monoisotopic (exact) mass is 229 g/mol. The number of hydrogen-bond acceptors (Lipinski definition) is 2. The molecule has 0 radical (unpaired) electrons. The van der Waals surface area contributed by atoms with Crippen LogP contribution >= 0.6 is 11.6 Å². The van der Waals surface area contributed by atoms with E-state index in [0.29, 0.717) is 6.04 Å². The molecule has 0 aromatic carbocycles. The van der Waals surface area contributed by atoms with Crippen molar-refractivity contribution in [2.45, 2.75) is 39.2 Å². The standard InChI is InChI=1S/C11H20ClN3/c1-8(13-3)6-5-7-10-11(12)9(2)14-15(10)4/h8,13H,5-7H2,1-4H3. The van der Waals surface area contributed by atoms with E-state index >= 15 is 0 Å². The van der Waals surface area contributed by atoms with Gasteiger partial charge in [-0.15, -0.1) is 0 Å². The molecule has 1 aromatic rings. The van der Waals surface area contributed by atoms with E-state index in [-0.39, 0.29) is 0 Å². The van der Waals surface area contributed by atoms with Crippen molar-refractivity contribution in [3.05, 3.63) is 16.4 Å². The van der Waals surface area contributed by atoms with Crippen LogP contribution in [-0.2, 0) is 13.5 Å². The maximum atomic E-state index is 6.16. The molecule has 0 fully saturated rings. The average Bonchev–Trinajstić information content (AvgIpc) is 2.44. The molecule has 1 atom stereocenters. The lowest BCUT2D eigenvalue weighted by atomic mass is 10.1. The van der Waals surface area contributed by atoms with Crippen molar-refractivity contribution < 1.29 is 0 Å². The maximum Gasteiger partial charge on any atom is 0.0846 e. The van der Waals surface area contributed by atoms with Crippen LogP contribution in [0.25, 0.3) is 0 Å². The maximum absolute atomic E-state index is 6.16. The Bertz CT molecular complexity index is 320. The number of halogens is 1. The van der Waals surface area contributed by atoms with E-state index < -0.39 is 0 Å². The Morgan fingerprint density at radius 2 is 2.20 bits per heavy atom. The van der Waals surface area contributed by atoms with Crippen LogP contribution in [-0.4, -0.2) is 22.9 Å². The number of aryl methyl sites for hydroxylation is 2. The third-order valence-electron chi connectivity index (χ3n) is 2.81. The molecule has 0 aliphatic rings. The van der Waals surface area contributed by atoms with Gasteiger partial charge in [0.2, 0.25) is 0 Å². The average molecular weight is 230 g/mol. The van der Waals surface area contributed by atoms with Gasteiger partial charge in [0.1, 0.15) is 0 Å². The second kappa shape index (κ2) is 5.52. The van der Waals surface area contributed by atoms with Crippen LogP contribution in [0, 0.1) is 6.92 Å². The predicted octanol–water partition coefficient (Wildman–Crippen LogP) is 2.31. The molecule has 0 amide bonds. The van der Waals surface area contributed by atoms with Gasteiger partial charge in [0.05, 0.1) is 16.4 Å². The fourth-order valence-electron chi connectivity index (χ4n) is 1.67. The number of nitrogens with zero attached hydrogens (tertiary/aromatic N) is 2. The van der Waals surface area contributed by atoms with Crippen molar-refractivity contribution in [1.82, 2.24) is 15.1 Å². The van der Waals surface area contributed by atoms with Crippen LogP contribution in [0.2, 0.25) is 5.02 Å². The van der Waals surface area contributed by atoms with Gasteiger partial charge in [-0.05, 0) is 40.2 Å². The Morgan fingerprint density at radius 1 is 1.53 bits per heavy atom. The number of nitrogens with one attached hydrogen (secondary N) is 1. The first-order chi connectivity index (χ1) is 7.06. The first-order valence-corrected chi connectivity index (χ1v) is 5.79. The fourth-order valence-corrected chi connectivity index (χ4v) is 1.93. The van der Waals surface area contributed by atoms with Crippen LogP contribution in [0.15, 0.2) is 0 Å². The van der Waals surface area contributed by atoms with E-state index in [9.17, 15) is 0 Å². The summed E-state index contributed by atoms with van der Waals surface area (Å²) in [5, 5.41) is 8.36. The van der Waals surface area contributed by atoms with Crippen molar-refractivity contribution >= 4 is 11.6 Å². The van der Waals surface area contributed by atoms with Gasteiger partial charge in [0.25, 0.3) is 0 Å². The quantitative estimate of drug-likeness (QED) is 0.840. The van der Waals surface area contributed by atoms with E-state index in [1.807, 2.05) is 25.7 Å². The molecule has 1 rings (SSSR count). The molecule has 1 N–H and O–H groups in total. The molecule has 1 heterocycles. The summed E-state index contributed by atoms with van der Waals surface area (Å²) >= 11 is 6.16. The second-order valence-corrected chi connectivity index (χ2v) is 4.43. The molecule has 0 aliphatic heterocycles. The molecule has 4 heteroatoms. The molecule has 0 bridgehead atoms. The minimum absolute atomic E-state index is 0.568. The third-order valence-corrected chi connectivity index (χ3v) is 3.30. The molecule has 0 saturated carbocycles. The molecule has 86 valence electrons. The van der Waals surface area contributed by atoms with Gasteiger partial charge >= 0.3 is 0 Å². The highest BCUT2D eigenvalue weighted by Gasteiger charge is 2.10. The zero-order valence-electron chi connectivity index (χ0n) is 9.97. The largest absolute Gasteiger partial charge is 0.317 e. The summed E-state index contributed by atoms with van der Waals surface area (Å²) in [5.74, 6) is 0. The van der Waals surface area contributed by atoms with Crippen LogP contribution in [0.5, 0.6) is 0 Å². The highest BCUT2D eigenvalue weighted by atomic mass is 35.5. The molecular weight excluding hydrogens is 210 g/mol. The van der Waals surface area contributed by atoms with E-state index in [2.05, 4.69) is 17.3 Å². The number of rotatable bonds is 5. The topological polar surface area (TPSA) is 29.9 Å². The number of hydrogen-bond donors (Lipinski definition) is 1. The first-order valence-electron chi connectivity index (χ1n) is 5.41. The molecule has 0 saturated heterocycles. The van der Waals surface area contributed by atoms with Gasteiger partial charge in [-0.2, -0.15) is 5.10 Å². The van der Waals surface area contributed by atoms with Crippen molar-refractivity contribution in [3.63, 3.8) is 0 Å². The van der Waals surface area contributed by atoms with Crippen molar-refractivity contribution in [2.24, 2.45) is 7.05 Å². The summed E-state index contributed by atoms with van der Waals surface area (Å²) < 4.78 is 1.89. The van der Waals surface area contributed by atoms with Gasteiger partial charge < -0.3 is 5.32 Å². The zero-order valence-corrected chi connectivity index (χ0v) is 10.7. The normalized spacial score (nSPS) is 13.1. The lowest BCUT2D eigenvalue weighted by molar-refractivity contribution is 0.534. The molecule has 0 spiro atoms. The molecule has 1 unspecified atom stereocenters. The zero-order chi connectivity index (χ0) is 11.4. The van der Waals surface area contributed by atoms with Gasteiger partial charge in [-0.1, -0.05) is 11.6 Å². The number of aromatic nitrogens is 2. The highest BCUT2D eigenvalue weighted by Crippen LogP contribution is 2.21. The summed E-state index contributed by atoms with van der Waals surface area (Å²) in [5.41, 5.74) is 2.08. The third kappa shape index (κ3) is 3.21. The lowest BCUT2D eigenvalue weighted by Gasteiger charge is -2.09. The van der Waals surface area contributed by atoms with E-state index in [0.717, 1.165) is 35.7 Å². The Kier molecular flexibility index (Phi) is 4.61. The van der Waals surface area contributed by atoms with Crippen LogP contribution in [0.4, 0.5) is 0 Å². The van der Waals surface area contributed by atoms with Gasteiger partial charge in [0, 0.05) is 13.1 Å². The Hall–Kier alpha value is -0.540. The summed E-state index contributed by atoms with van der Waals surface area (Å²) in [6.07, 6.45) is 3.31.